The van der Waals surface area contributed by atoms with E-state index < -0.39 is 17.9 Å². The lowest BCUT2D eigenvalue weighted by Gasteiger charge is -2.16. The second kappa shape index (κ2) is 7.55. The van der Waals surface area contributed by atoms with E-state index in [2.05, 4.69) is 10.9 Å². The van der Waals surface area contributed by atoms with Crippen molar-refractivity contribution in [3.63, 3.8) is 0 Å². The van der Waals surface area contributed by atoms with Gasteiger partial charge in [-0.2, -0.15) is 0 Å². The van der Waals surface area contributed by atoms with E-state index in [1.54, 1.807) is 48.5 Å². The molecule has 26 heavy (non-hydrogen) atoms. The van der Waals surface area contributed by atoms with Crippen molar-refractivity contribution in [1.29, 1.82) is 0 Å². The van der Waals surface area contributed by atoms with Gasteiger partial charge in [0.05, 0.1) is 29.8 Å². The zero-order valence-electron chi connectivity index (χ0n) is 13.9. The highest BCUT2D eigenvalue weighted by molar-refractivity contribution is 6.33. The molecule has 0 bridgehead atoms. The van der Waals surface area contributed by atoms with Crippen LogP contribution in [0.1, 0.15) is 16.8 Å². The van der Waals surface area contributed by atoms with Gasteiger partial charge in [-0.05, 0) is 36.4 Å². The van der Waals surface area contributed by atoms with Gasteiger partial charge >= 0.3 is 0 Å². The van der Waals surface area contributed by atoms with E-state index in [-0.39, 0.29) is 17.9 Å². The van der Waals surface area contributed by atoms with Crippen LogP contribution in [0.5, 0.6) is 5.75 Å². The van der Waals surface area contributed by atoms with Crippen LogP contribution >= 0.6 is 11.6 Å². The lowest BCUT2D eigenvalue weighted by Crippen LogP contribution is -2.48. The van der Waals surface area contributed by atoms with Crippen LogP contribution in [0.2, 0.25) is 5.02 Å². The third-order valence-electron chi connectivity index (χ3n) is 3.96. The molecule has 2 aromatic rings. The number of imide groups is 1. The summed E-state index contributed by atoms with van der Waals surface area (Å²) in [6, 6.07) is 12.3. The topological polar surface area (TPSA) is 87.7 Å². The Balaban J connectivity index is 1.67. The summed E-state index contributed by atoms with van der Waals surface area (Å²) in [5.41, 5.74) is 5.76. The molecule has 0 radical (unpaired) electrons. The number of hydrogen-bond donors (Lipinski definition) is 2. The van der Waals surface area contributed by atoms with Crippen molar-refractivity contribution in [2.24, 2.45) is 0 Å². The highest BCUT2D eigenvalue weighted by atomic mass is 35.5. The molecular weight excluding hydrogens is 358 g/mol. The minimum atomic E-state index is -0.851. The molecule has 3 amide bonds. The van der Waals surface area contributed by atoms with Crippen molar-refractivity contribution < 1.29 is 19.1 Å². The van der Waals surface area contributed by atoms with Gasteiger partial charge in [0, 0.05) is 0 Å². The van der Waals surface area contributed by atoms with Crippen molar-refractivity contribution in [2.45, 2.75) is 12.5 Å². The van der Waals surface area contributed by atoms with Crippen LogP contribution in [0, 0.1) is 0 Å². The summed E-state index contributed by atoms with van der Waals surface area (Å²) < 4.78 is 5.06. The number of rotatable bonds is 5. The predicted octanol–water partition coefficient (Wildman–Crippen LogP) is 1.92. The summed E-state index contributed by atoms with van der Waals surface area (Å²) in [5, 5.41) is 0.292. The maximum absolute atomic E-state index is 12.5. The van der Waals surface area contributed by atoms with Gasteiger partial charge in [-0.1, -0.05) is 23.7 Å². The number of carbonyl (C=O) groups excluding carboxylic acids is 3. The van der Waals surface area contributed by atoms with Crippen molar-refractivity contribution >= 4 is 35.0 Å². The SMILES string of the molecule is COc1ccc(N2C(=O)CC(NNC(=O)c3ccccc3Cl)C2=O)cc1. The quantitative estimate of drug-likeness (QED) is 0.617. The Morgan fingerprint density at radius 2 is 1.85 bits per heavy atom. The maximum atomic E-state index is 12.5. The summed E-state index contributed by atoms with van der Waals surface area (Å²) in [4.78, 5) is 38.0. The molecule has 8 heteroatoms. The summed E-state index contributed by atoms with van der Waals surface area (Å²) in [7, 11) is 1.53. The first-order valence-electron chi connectivity index (χ1n) is 7.82. The Kier molecular flexibility index (Phi) is 5.20. The number of hydrazine groups is 1. The fraction of sp³-hybridized carbons (Fsp3) is 0.167. The van der Waals surface area contributed by atoms with Crippen molar-refractivity contribution in [3.8, 4) is 5.75 Å². The number of methoxy groups -OCH3 is 1. The lowest BCUT2D eigenvalue weighted by atomic mass is 10.2. The highest BCUT2D eigenvalue weighted by Gasteiger charge is 2.39. The fourth-order valence-corrected chi connectivity index (χ4v) is 2.83. The monoisotopic (exact) mass is 373 g/mol. The number of nitrogens with zero attached hydrogens (tertiary/aromatic N) is 1. The molecule has 3 rings (SSSR count). The second-order valence-electron chi connectivity index (χ2n) is 5.60. The van der Waals surface area contributed by atoms with Crippen LogP contribution in [0.25, 0.3) is 0 Å². The summed E-state index contributed by atoms with van der Waals surface area (Å²) in [5.74, 6) is -0.669. The van der Waals surface area contributed by atoms with Gasteiger partial charge in [-0.3, -0.25) is 19.8 Å². The second-order valence-corrected chi connectivity index (χ2v) is 6.01. The highest BCUT2D eigenvalue weighted by Crippen LogP contribution is 2.25. The van der Waals surface area contributed by atoms with Crippen molar-refractivity contribution in [3.05, 3.63) is 59.1 Å². The van der Waals surface area contributed by atoms with Crippen molar-refractivity contribution in [2.75, 3.05) is 12.0 Å². The summed E-state index contributed by atoms with van der Waals surface area (Å²) in [6.07, 6.45) is -0.0618. The van der Waals surface area contributed by atoms with Gasteiger partial charge in [0.2, 0.25) is 5.91 Å². The first kappa shape index (κ1) is 17.9. The number of anilines is 1. The van der Waals surface area contributed by atoms with Crippen LogP contribution in [0.3, 0.4) is 0 Å². The van der Waals surface area contributed by atoms with Crippen LogP contribution in [0.15, 0.2) is 48.5 Å². The predicted molar refractivity (Wildman–Crippen MR) is 95.9 cm³/mol. The zero-order chi connectivity index (χ0) is 18.7. The molecule has 0 saturated carbocycles. The maximum Gasteiger partial charge on any atom is 0.266 e. The van der Waals surface area contributed by atoms with Crippen LogP contribution in [-0.2, 0) is 9.59 Å². The molecule has 134 valence electrons. The van der Waals surface area contributed by atoms with E-state index in [1.165, 1.54) is 7.11 Å². The van der Waals surface area contributed by atoms with E-state index in [1.807, 2.05) is 0 Å². The Bertz CT molecular complexity index is 854. The molecule has 0 aliphatic carbocycles. The lowest BCUT2D eigenvalue weighted by molar-refractivity contribution is -0.121. The number of hydrogen-bond acceptors (Lipinski definition) is 5. The van der Waals surface area contributed by atoms with Crippen LogP contribution < -0.4 is 20.5 Å². The largest absolute Gasteiger partial charge is 0.497 e. The standard InChI is InChI=1S/C18H16ClN3O4/c1-26-12-8-6-11(7-9-12)22-16(23)10-15(18(22)25)20-21-17(24)13-4-2-3-5-14(13)19/h2-9,15,20H,10H2,1H3,(H,21,24). The first-order valence-corrected chi connectivity index (χ1v) is 8.20. The first-order chi connectivity index (χ1) is 12.5. The number of halogens is 1. The number of amides is 3. The van der Waals surface area contributed by atoms with E-state index in [0.29, 0.717) is 16.5 Å². The number of benzene rings is 2. The smallest absolute Gasteiger partial charge is 0.266 e. The van der Waals surface area contributed by atoms with Crippen LogP contribution in [-0.4, -0.2) is 30.9 Å². The van der Waals surface area contributed by atoms with E-state index in [4.69, 9.17) is 16.3 Å². The average molecular weight is 374 g/mol. The molecule has 1 heterocycles. The molecule has 1 atom stereocenters. The van der Waals surface area contributed by atoms with E-state index in [9.17, 15) is 14.4 Å². The number of nitrogens with one attached hydrogen (secondary N) is 2. The Morgan fingerprint density at radius 1 is 1.15 bits per heavy atom. The molecule has 7 nitrogen and oxygen atoms in total. The molecule has 2 aromatic carbocycles. The minimum Gasteiger partial charge on any atom is -0.497 e. The van der Waals surface area contributed by atoms with Gasteiger partial charge in [0.1, 0.15) is 11.8 Å². The van der Waals surface area contributed by atoms with E-state index >= 15 is 0 Å². The third kappa shape index (κ3) is 3.54. The van der Waals surface area contributed by atoms with Gasteiger partial charge < -0.3 is 4.74 Å². The normalized spacial score (nSPS) is 16.7. The Morgan fingerprint density at radius 3 is 2.50 bits per heavy atom. The molecular formula is C18H16ClN3O4. The molecule has 0 spiro atoms. The molecule has 2 N–H and O–H groups in total. The van der Waals surface area contributed by atoms with Gasteiger partial charge in [0.15, 0.2) is 0 Å². The van der Waals surface area contributed by atoms with Gasteiger partial charge in [-0.25, -0.2) is 10.3 Å². The number of carbonyl (C=O) groups is 3. The summed E-state index contributed by atoms with van der Waals surface area (Å²) in [6.45, 7) is 0. The molecule has 0 aromatic heterocycles. The minimum absolute atomic E-state index is 0.0618. The zero-order valence-corrected chi connectivity index (χ0v) is 14.6. The van der Waals surface area contributed by atoms with Crippen molar-refractivity contribution in [1.82, 2.24) is 10.9 Å². The van der Waals surface area contributed by atoms with Gasteiger partial charge in [-0.15, -0.1) is 0 Å². The Labute approximate surface area is 154 Å². The Hall–Kier alpha value is -2.90. The van der Waals surface area contributed by atoms with Gasteiger partial charge in [0.25, 0.3) is 11.8 Å². The molecule has 1 unspecified atom stereocenters. The molecule has 1 fully saturated rings. The fourth-order valence-electron chi connectivity index (χ4n) is 2.61. The average Bonchev–Trinajstić information content (AvgIpc) is 2.93. The molecule has 1 saturated heterocycles. The molecule has 1 aliphatic rings. The van der Waals surface area contributed by atoms with E-state index in [0.717, 1.165) is 4.90 Å². The summed E-state index contributed by atoms with van der Waals surface area (Å²) >= 11 is 5.97. The number of ether oxygens (including phenoxy) is 1. The molecule has 1 aliphatic heterocycles. The third-order valence-corrected chi connectivity index (χ3v) is 4.29. The van der Waals surface area contributed by atoms with Crippen LogP contribution in [0.4, 0.5) is 5.69 Å².